The molecule has 2 amide bonds. The summed E-state index contributed by atoms with van der Waals surface area (Å²) in [6, 6.07) is 0.196. The average Bonchev–Trinajstić information content (AvgIpc) is 2.37. The first-order chi connectivity index (χ1) is 9.42. The van der Waals surface area contributed by atoms with Gasteiger partial charge in [-0.25, -0.2) is 0 Å². The number of rotatable bonds is 6. The summed E-state index contributed by atoms with van der Waals surface area (Å²) in [7, 11) is 0. The Morgan fingerprint density at radius 2 is 1.85 bits per heavy atom. The Morgan fingerprint density at radius 1 is 1.25 bits per heavy atom. The van der Waals surface area contributed by atoms with E-state index in [0.717, 1.165) is 44.6 Å². The first kappa shape index (κ1) is 16.7. The lowest BCUT2D eigenvalue weighted by Gasteiger charge is -2.32. The summed E-state index contributed by atoms with van der Waals surface area (Å²) in [6.45, 7) is 13.0. The Balaban J connectivity index is 2.32. The Morgan fingerprint density at radius 3 is 2.30 bits per heavy atom. The van der Waals surface area contributed by atoms with Crippen LogP contribution < -0.4 is 5.32 Å². The predicted octanol–water partition coefficient (Wildman–Crippen LogP) is 1.01. The fraction of sp³-hybridized carbons (Fsp3) is 0.733. The highest BCUT2D eigenvalue weighted by Crippen LogP contribution is 2.10. The van der Waals surface area contributed by atoms with Gasteiger partial charge in [0.2, 0.25) is 11.8 Å². The number of hydrogen-bond donors (Lipinski definition) is 1. The number of hydrogen-bond acceptors (Lipinski definition) is 3. The van der Waals surface area contributed by atoms with Crippen molar-refractivity contribution in [1.29, 1.82) is 0 Å². The van der Waals surface area contributed by atoms with E-state index in [2.05, 4.69) is 16.8 Å². The summed E-state index contributed by atoms with van der Waals surface area (Å²) in [5, 5.41) is 3.07. The van der Waals surface area contributed by atoms with Crippen LogP contribution in [-0.2, 0) is 9.59 Å². The summed E-state index contributed by atoms with van der Waals surface area (Å²) in [6.07, 6.45) is 1.69. The lowest BCUT2D eigenvalue weighted by atomic mass is 10.1. The number of nitrogens with one attached hydrogen (secondary N) is 1. The molecule has 1 fully saturated rings. The minimum absolute atomic E-state index is 0.0642. The molecule has 0 aromatic carbocycles. The minimum Gasteiger partial charge on any atom is -0.352 e. The maximum absolute atomic E-state index is 12.0. The van der Waals surface area contributed by atoms with E-state index in [0.29, 0.717) is 6.54 Å². The van der Waals surface area contributed by atoms with Crippen molar-refractivity contribution in [3.05, 3.63) is 12.2 Å². The molecule has 0 aromatic heterocycles. The number of piperidine rings is 1. The lowest BCUT2D eigenvalue weighted by molar-refractivity contribution is -0.130. The molecule has 1 saturated heterocycles. The van der Waals surface area contributed by atoms with Crippen LogP contribution in [-0.4, -0.2) is 60.4 Å². The van der Waals surface area contributed by atoms with Crippen LogP contribution in [0.25, 0.3) is 0 Å². The molecule has 20 heavy (non-hydrogen) atoms. The van der Waals surface area contributed by atoms with Gasteiger partial charge < -0.3 is 10.2 Å². The Kier molecular flexibility index (Phi) is 6.71. The zero-order chi connectivity index (χ0) is 15.1. The van der Waals surface area contributed by atoms with Crippen LogP contribution in [0.15, 0.2) is 12.2 Å². The second-order valence-electron chi connectivity index (χ2n) is 5.61. The minimum atomic E-state index is 0.0642. The third kappa shape index (κ3) is 5.74. The van der Waals surface area contributed by atoms with Gasteiger partial charge in [-0.1, -0.05) is 19.1 Å². The molecule has 0 spiro atoms. The highest BCUT2D eigenvalue weighted by Gasteiger charge is 2.22. The van der Waals surface area contributed by atoms with Gasteiger partial charge in [0.15, 0.2) is 0 Å². The second-order valence-corrected chi connectivity index (χ2v) is 5.61. The molecular weight excluding hydrogens is 254 g/mol. The standard InChI is InChI=1S/C15H27N3O2/c1-5-17(10-12(2)3)11-15(20)16-14-6-8-18(9-7-14)13(4)19/h14H,2,5-11H2,1,3-4H3,(H,16,20). The van der Waals surface area contributed by atoms with Crippen molar-refractivity contribution >= 4 is 11.8 Å². The van der Waals surface area contributed by atoms with Gasteiger partial charge in [0.05, 0.1) is 6.54 Å². The summed E-state index contributed by atoms with van der Waals surface area (Å²) in [5.41, 5.74) is 1.06. The first-order valence-corrected chi connectivity index (χ1v) is 7.34. The Bertz CT molecular complexity index is 360. The van der Waals surface area contributed by atoms with Crippen molar-refractivity contribution in [3.8, 4) is 0 Å². The fourth-order valence-corrected chi connectivity index (χ4v) is 2.48. The van der Waals surface area contributed by atoms with Gasteiger partial charge in [-0.15, -0.1) is 0 Å². The number of likely N-dealkylation sites (tertiary alicyclic amines) is 1. The van der Waals surface area contributed by atoms with Crippen LogP contribution in [0.5, 0.6) is 0 Å². The van der Waals surface area contributed by atoms with Crippen molar-refractivity contribution < 1.29 is 9.59 Å². The molecule has 0 saturated carbocycles. The van der Waals surface area contributed by atoms with Gasteiger partial charge >= 0.3 is 0 Å². The van der Waals surface area contributed by atoms with E-state index in [1.54, 1.807) is 6.92 Å². The summed E-state index contributed by atoms with van der Waals surface area (Å²) >= 11 is 0. The van der Waals surface area contributed by atoms with Gasteiger partial charge in [0.1, 0.15) is 0 Å². The van der Waals surface area contributed by atoms with Crippen molar-refractivity contribution in [3.63, 3.8) is 0 Å². The van der Waals surface area contributed by atoms with E-state index in [4.69, 9.17) is 0 Å². The molecule has 5 nitrogen and oxygen atoms in total. The van der Waals surface area contributed by atoms with Gasteiger partial charge in [-0.3, -0.25) is 14.5 Å². The summed E-state index contributed by atoms with van der Waals surface area (Å²) in [4.78, 5) is 27.2. The van der Waals surface area contributed by atoms with Crippen molar-refractivity contribution in [2.45, 2.75) is 39.7 Å². The highest BCUT2D eigenvalue weighted by molar-refractivity contribution is 5.78. The SMILES string of the molecule is C=C(C)CN(CC)CC(=O)NC1CCN(C(C)=O)CC1. The molecule has 0 aliphatic carbocycles. The number of carbonyl (C=O) groups is 2. The molecule has 1 aliphatic heterocycles. The molecule has 114 valence electrons. The van der Waals surface area contributed by atoms with Crippen LogP contribution in [0.4, 0.5) is 0 Å². The molecule has 5 heteroatoms. The van der Waals surface area contributed by atoms with E-state index in [1.165, 1.54) is 0 Å². The van der Waals surface area contributed by atoms with E-state index < -0.39 is 0 Å². The predicted molar refractivity (Wildman–Crippen MR) is 80.3 cm³/mol. The third-order valence-corrected chi connectivity index (χ3v) is 3.61. The lowest BCUT2D eigenvalue weighted by Crippen LogP contribution is -2.48. The molecule has 1 aliphatic rings. The Hall–Kier alpha value is -1.36. The Labute approximate surface area is 122 Å². The molecule has 1 N–H and O–H groups in total. The van der Waals surface area contributed by atoms with E-state index in [1.807, 2.05) is 18.7 Å². The van der Waals surface area contributed by atoms with Crippen LogP contribution in [0, 0.1) is 0 Å². The van der Waals surface area contributed by atoms with Crippen LogP contribution >= 0.6 is 0 Å². The van der Waals surface area contributed by atoms with Gasteiger partial charge in [-0.05, 0) is 26.3 Å². The quantitative estimate of drug-likeness (QED) is 0.739. The zero-order valence-electron chi connectivity index (χ0n) is 12.9. The molecule has 0 aromatic rings. The van der Waals surface area contributed by atoms with Crippen LogP contribution in [0.1, 0.15) is 33.6 Å². The molecular formula is C15H27N3O2. The normalized spacial score (nSPS) is 16.3. The average molecular weight is 281 g/mol. The number of likely N-dealkylation sites (N-methyl/N-ethyl adjacent to an activating group) is 1. The molecule has 1 heterocycles. The van der Waals surface area contributed by atoms with Gasteiger partial charge in [-0.2, -0.15) is 0 Å². The molecule has 0 atom stereocenters. The van der Waals surface area contributed by atoms with Crippen molar-refractivity contribution in [2.24, 2.45) is 0 Å². The van der Waals surface area contributed by atoms with Crippen molar-refractivity contribution in [1.82, 2.24) is 15.1 Å². The fourth-order valence-electron chi connectivity index (χ4n) is 2.48. The first-order valence-electron chi connectivity index (χ1n) is 7.34. The monoisotopic (exact) mass is 281 g/mol. The van der Waals surface area contributed by atoms with Crippen LogP contribution in [0.3, 0.4) is 0 Å². The van der Waals surface area contributed by atoms with Gasteiger partial charge in [0.25, 0.3) is 0 Å². The molecule has 1 rings (SSSR count). The largest absolute Gasteiger partial charge is 0.352 e. The maximum Gasteiger partial charge on any atom is 0.234 e. The van der Waals surface area contributed by atoms with Crippen molar-refractivity contribution in [2.75, 3.05) is 32.7 Å². The molecule has 0 unspecified atom stereocenters. The third-order valence-electron chi connectivity index (χ3n) is 3.61. The molecule has 0 bridgehead atoms. The number of carbonyl (C=O) groups excluding carboxylic acids is 2. The molecule has 0 radical (unpaired) electrons. The number of nitrogens with zero attached hydrogens (tertiary/aromatic N) is 2. The smallest absolute Gasteiger partial charge is 0.234 e. The summed E-state index contributed by atoms with van der Waals surface area (Å²) < 4.78 is 0. The highest BCUT2D eigenvalue weighted by atomic mass is 16.2. The van der Waals surface area contributed by atoms with Crippen LogP contribution in [0.2, 0.25) is 0 Å². The van der Waals surface area contributed by atoms with E-state index >= 15 is 0 Å². The topological polar surface area (TPSA) is 52.7 Å². The summed E-state index contributed by atoms with van der Waals surface area (Å²) in [5.74, 6) is 0.183. The van der Waals surface area contributed by atoms with E-state index in [9.17, 15) is 9.59 Å². The van der Waals surface area contributed by atoms with Gasteiger partial charge in [0, 0.05) is 32.6 Å². The zero-order valence-corrected chi connectivity index (χ0v) is 12.9. The van der Waals surface area contributed by atoms with E-state index in [-0.39, 0.29) is 17.9 Å². The number of amides is 2. The maximum atomic E-state index is 12.0. The second kappa shape index (κ2) is 8.04.